The average molecular weight is 272 g/mol. The number of hydrogen-bond acceptors (Lipinski definition) is 5. The van der Waals surface area contributed by atoms with E-state index >= 15 is 0 Å². The predicted octanol–water partition coefficient (Wildman–Crippen LogP) is -1.18. The van der Waals surface area contributed by atoms with Crippen LogP contribution in [-0.2, 0) is 16.6 Å². The molecule has 0 bridgehead atoms. The summed E-state index contributed by atoms with van der Waals surface area (Å²) in [5.74, 6) is -0.583. The second kappa shape index (κ2) is 6.43. The second-order valence-corrected chi connectivity index (χ2v) is 5.58. The Hall–Kier alpha value is -1.51. The molecule has 1 rings (SSSR count). The number of carbonyl (C=O) groups is 1. The van der Waals surface area contributed by atoms with Crippen molar-refractivity contribution in [3.8, 4) is 0 Å². The van der Waals surface area contributed by atoms with Crippen LogP contribution in [-0.4, -0.2) is 38.7 Å². The third-order valence-electron chi connectivity index (χ3n) is 2.26. The molecule has 0 atom stereocenters. The molecule has 100 valence electrons. The molecule has 0 unspecified atom stereocenters. The van der Waals surface area contributed by atoms with Crippen molar-refractivity contribution in [2.45, 2.75) is 6.54 Å². The Labute approximate surface area is 106 Å². The number of amides is 1. The summed E-state index contributed by atoms with van der Waals surface area (Å²) in [5.41, 5.74) is 6.46. The van der Waals surface area contributed by atoms with E-state index in [0.717, 1.165) is 5.56 Å². The third kappa shape index (κ3) is 4.40. The molecule has 1 aromatic rings. The summed E-state index contributed by atoms with van der Waals surface area (Å²) in [5, 5.41) is 2.48. The highest BCUT2D eigenvalue weighted by Gasteiger charge is 2.10. The number of rotatable bonds is 6. The van der Waals surface area contributed by atoms with Crippen molar-refractivity contribution in [1.29, 1.82) is 0 Å². The van der Waals surface area contributed by atoms with Gasteiger partial charge in [0.15, 0.2) is 0 Å². The Morgan fingerprint density at radius 3 is 2.67 bits per heavy atom. The summed E-state index contributed by atoms with van der Waals surface area (Å²) < 4.78 is 24.4. The predicted molar refractivity (Wildman–Crippen MR) is 67.3 cm³/mol. The van der Waals surface area contributed by atoms with Crippen LogP contribution < -0.4 is 15.8 Å². The minimum absolute atomic E-state index is 0.0301. The molecule has 8 heteroatoms. The monoisotopic (exact) mass is 272 g/mol. The van der Waals surface area contributed by atoms with E-state index in [0.29, 0.717) is 6.54 Å². The SMILES string of the molecule is CNS(=O)(=O)CCNC(=O)c1ccc(CN)cn1. The molecular formula is C10H16N4O3S. The van der Waals surface area contributed by atoms with Gasteiger partial charge >= 0.3 is 0 Å². The minimum atomic E-state index is -3.31. The van der Waals surface area contributed by atoms with E-state index in [9.17, 15) is 13.2 Å². The lowest BCUT2D eigenvalue weighted by Crippen LogP contribution is -2.33. The maximum absolute atomic E-state index is 11.6. The lowest BCUT2D eigenvalue weighted by atomic mass is 10.2. The summed E-state index contributed by atoms with van der Waals surface area (Å²) in [6, 6.07) is 3.25. The average Bonchev–Trinajstić information content (AvgIpc) is 2.38. The number of sulfonamides is 1. The number of carbonyl (C=O) groups excluding carboxylic acids is 1. The first kappa shape index (κ1) is 14.6. The van der Waals surface area contributed by atoms with Crippen LogP contribution in [0.3, 0.4) is 0 Å². The summed E-state index contributed by atoms with van der Waals surface area (Å²) in [6.07, 6.45) is 1.51. The van der Waals surface area contributed by atoms with Gasteiger partial charge in [0.2, 0.25) is 10.0 Å². The molecule has 1 amide bonds. The number of nitrogens with two attached hydrogens (primary N) is 1. The smallest absolute Gasteiger partial charge is 0.269 e. The zero-order valence-electron chi connectivity index (χ0n) is 10.0. The third-order valence-corrected chi connectivity index (χ3v) is 3.62. The molecule has 0 aliphatic heterocycles. The van der Waals surface area contributed by atoms with Crippen LogP contribution in [0.5, 0.6) is 0 Å². The summed E-state index contributed by atoms with van der Waals surface area (Å²) in [4.78, 5) is 15.5. The molecule has 18 heavy (non-hydrogen) atoms. The van der Waals surface area contributed by atoms with Gasteiger partial charge in [0, 0.05) is 19.3 Å². The zero-order valence-corrected chi connectivity index (χ0v) is 10.8. The molecule has 0 radical (unpaired) electrons. The Kier molecular flexibility index (Phi) is 5.20. The fourth-order valence-electron chi connectivity index (χ4n) is 1.17. The molecule has 0 spiro atoms. The molecular weight excluding hydrogens is 256 g/mol. The van der Waals surface area contributed by atoms with Crippen LogP contribution in [0.4, 0.5) is 0 Å². The van der Waals surface area contributed by atoms with Crippen LogP contribution in [0.25, 0.3) is 0 Å². The largest absolute Gasteiger partial charge is 0.350 e. The van der Waals surface area contributed by atoms with E-state index in [-0.39, 0.29) is 18.0 Å². The van der Waals surface area contributed by atoms with Crippen molar-refractivity contribution in [2.24, 2.45) is 5.73 Å². The molecule has 7 nitrogen and oxygen atoms in total. The maximum Gasteiger partial charge on any atom is 0.269 e. The van der Waals surface area contributed by atoms with Gasteiger partial charge < -0.3 is 11.1 Å². The van der Waals surface area contributed by atoms with Gasteiger partial charge in [-0.05, 0) is 18.7 Å². The normalized spacial score (nSPS) is 11.2. The van der Waals surface area contributed by atoms with Crippen LogP contribution >= 0.6 is 0 Å². The standard InChI is InChI=1S/C10H16N4O3S/c1-12-18(16,17)5-4-13-10(15)9-3-2-8(6-11)7-14-9/h2-3,7,12H,4-6,11H2,1H3,(H,13,15). The maximum atomic E-state index is 11.6. The number of nitrogens with one attached hydrogen (secondary N) is 2. The molecule has 0 aromatic carbocycles. The van der Waals surface area contributed by atoms with E-state index in [1.165, 1.54) is 13.2 Å². The van der Waals surface area contributed by atoms with Crippen molar-refractivity contribution in [3.05, 3.63) is 29.6 Å². The zero-order chi connectivity index (χ0) is 13.6. The number of pyridine rings is 1. The molecule has 1 heterocycles. The molecule has 4 N–H and O–H groups in total. The van der Waals surface area contributed by atoms with E-state index in [1.54, 1.807) is 12.1 Å². The highest BCUT2D eigenvalue weighted by Crippen LogP contribution is 1.99. The highest BCUT2D eigenvalue weighted by molar-refractivity contribution is 7.89. The van der Waals surface area contributed by atoms with Crippen LogP contribution in [0.15, 0.2) is 18.3 Å². The van der Waals surface area contributed by atoms with Gasteiger partial charge in [-0.3, -0.25) is 9.78 Å². The van der Waals surface area contributed by atoms with Crippen molar-refractivity contribution >= 4 is 15.9 Å². The summed E-state index contributed by atoms with van der Waals surface area (Å²) in [6.45, 7) is 0.387. The highest BCUT2D eigenvalue weighted by atomic mass is 32.2. The van der Waals surface area contributed by atoms with Gasteiger partial charge in [-0.25, -0.2) is 13.1 Å². The fourth-order valence-corrected chi connectivity index (χ4v) is 1.75. The minimum Gasteiger partial charge on any atom is -0.350 e. The van der Waals surface area contributed by atoms with Gasteiger partial charge in [0.25, 0.3) is 5.91 Å². The van der Waals surface area contributed by atoms with E-state index in [4.69, 9.17) is 5.73 Å². The molecule has 1 aromatic heterocycles. The number of nitrogens with zero attached hydrogens (tertiary/aromatic N) is 1. The number of aromatic nitrogens is 1. The van der Waals surface area contributed by atoms with Gasteiger partial charge in [-0.15, -0.1) is 0 Å². The van der Waals surface area contributed by atoms with Gasteiger partial charge in [-0.1, -0.05) is 6.07 Å². The molecule has 0 aliphatic rings. The lowest BCUT2D eigenvalue weighted by molar-refractivity contribution is 0.0951. The van der Waals surface area contributed by atoms with Crippen LogP contribution in [0.1, 0.15) is 16.1 Å². The first-order valence-electron chi connectivity index (χ1n) is 5.33. The second-order valence-electron chi connectivity index (χ2n) is 3.53. The Morgan fingerprint density at radius 1 is 1.44 bits per heavy atom. The quantitative estimate of drug-likeness (QED) is 0.603. The Balaban J connectivity index is 2.50. The van der Waals surface area contributed by atoms with Crippen LogP contribution in [0.2, 0.25) is 0 Å². The lowest BCUT2D eigenvalue weighted by Gasteiger charge is -2.05. The van der Waals surface area contributed by atoms with Crippen LogP contribution in [0, 0.1) is 0 Å². The van der Waals surface area contributed by atoms with E-state index < -0.39 is 15.9 Å². The summed E-state index contributed by atoms with van der Waals surface area (Å²) >= 11 is 0. The molecule has 0 saturated heterocycles. The Morgan fingerprint density at radius 2 is 2.17 bits per heavy atom. The van der Waals surface area contributed by atoms with Gasteiger partial charge in [0.1, 0.15) is 5.69 Å². The Bertz CT molecular complexity index is 498. The van der Waals surface area contributed by atoms with Gasteiger partial charge in [-0.2, -0.15) is 0 Å². The first-order valence-corrected chi connectivity index (χ1v) is 6.98. The first-order chi connectivity index (χ1) is 8.48. The molecule has 0 fully saturated rings. The number of hydrogen-bond donors (Lipinski definition) is 3. The van der Waals surface area contributed by atoms with Crippen molar-refractivity contribution in [1.82, 2.24) is 15.0 Å². The van der Waals surface area contributed by atoms with Crippen molar-refractivity contribution in [3.63, 3.8) is 0 Å². The van der Waals surface area contributed by atoms with E-state index in [2.05, 4.69) is 15.0 Å². The van der Waals surface area contributed by atoms with Gasteiger partial charge in [0.05, 0.1) is 5.75 Å². The summed E-state index contributed by atoms with van der Waals surface area (Å²) in [7, 11) is -1.99. The molecule has 0 saturated carbocycles. The van der Waals surface area contributed by atoms with Crippen molar-refractivity contribution in [2.75, 3.05) is 19.3 Å². The molecule has 0 aliphatic carbocycles. The fraction of sp³-hybridized carbons (Fsp3) is 0.400. The van der Waals surface area contributed by atoms with Crippen molar-refractivity contribution < 1.29 is 13.2 Å². The van der Waals surface area contributed by atoms with E-state index in [1.807, 2.05) is 0 Å². The topological polar surface area (TPSA) is 114 Å².